The monoisotopic (exact) mass is 218 g/mol. The smallest absolute Gasteiger partial charge is 0.173 e. The summed E-state index contributed by atoms with van der Waals surface area (Å²) in [4.78, 5) is 0. The Kier molecular flexibility index (Phi) is 3.10. The maximum absolute atomic E-state index is 12.2. The van der Waals surface area contributed by atoms with Gasteiger partial charge in [0.25, 0.3) is 0 Å². The zero-order valence-corrected chi connectivity index (χ0v) is 10.9. The van der Waals surface area contributed by atoms with Crippen molar-refractivity contribution in [2.24, 2.45) is 0 Å². The minimum Gasteiger partial charge on any atom is -0.225 e. The van der Waals surface area contributed by atoms with Crippen molar-refractivity contribution < 1.29 is 4.21 Å². The third kappa shape index (κ3) is 2.35. The first-order valence-corrected chi connectivity index (χ1v) is 6.18. The summed E-state index contributed by atoms with van der Waals surface area (Å²) < 4.78 is 16.3. The normalized spacial score (nSPS) is 23.3. The molecule has 1 saturated heterocycles. The average molecular weight is 218 g/mol. The van der Waals surface area contributed by atoms with Crippen LogP contribution in [0.4, 0.5) is 0 Å². The van der Waals surface area contributed by atoms with E-state index in [0.717, 1.165) is 13.1 Å². The molecular formula is C10H22N2OS. The summed E-state index contributed by atoms with van der Waals surface area (Å²) in [6.07, 6.45) is 0. The predicted molar refractivity (Wildman–Crippen MR) is 61.1 cm³/mol. The van der Waals surface area contributed by atoms with E-state index in [2.05, 4.69) is 50.2 Å². The summed E-state index contributed by atoms with van der Waals surface area (Å²) >= 11 is -0.971. The molecule has 4 heteroatoms. The van der Waals surface area contributed by atoms with Crippen molar-refractivity contribution >= 4 is 11.2 Å². The molecule has 1 aliphatic heterocycles. The van der Waals surface area contributed by atoms with Crippen molar-refractivity contribution in [3.05, 3.63) is 0 Å². The first-order chi connectivity index (χ1) is 6.14. The van der Waals surface area contributed by atoms with E-state index in [1.807, 2.05) is 0 Å². The van der Waals surface area contributed by atoms with Crippen molar-refractivity contribution in [2.75, 3.05) is 13.1 Å². The molecule has 3 nitrogen and oxygen atoms in total. The third-order valence-corrected chi connectivity index (χ3v) is 4.59. The highest BCUT2D eigenvalue weighted by atomic mass is 32.2. The first-order valence-electron chi connectivity index (χ1n) is 5.11. The standard InChI is InChI=1S/C10H22N2OS/c1-9(2,3)11-7-8-12(14(11)13)10(4,5)6/h7-8H2,1-6H3. The Hall–Kier alpha value is 0.0700. The van der Waals surface area contributed by atoms with E-state index >= 15 is 0 Å². The minimum absolute atomic E-state index is 0.00907. The molecule has 14 heavy (non-hydrogen) atoms. The Bertz CT molecular complexity index is 215. The molecule has 0 aromatic carbocycles. The predicted octanol–water partition coefficient (Wildman–Crippen LogP) is 1.78. The van der Waals surface area contributed by atoms with Gasteiger partial charge in [-0.1, -0.05) is 0 Å². The molecule has 0 aromatic rings. The fourth-order valence-corrected chi connectivity index (χ4v) is 3.25. The molecule has 0 atom stereocenters. The highest BCUT2D eigenvalue weighted by Crippen LogP contribution is 2.28. The summed E-state index contributed by atoms with van der Waals surface area (Å²) in [5, 5.41) is 0. The van der Waals surface area contributed by atoms with Crippen LogP contribution in [0.1, 0.15) is 41.5 Å². The van der Waals surface area contributed by atoms with Gasteiger partial charge in [-0.05, 0) is 41.5 Å². The molecule has 0 aromatic heterocycles. The summed E-state index contributed by atoms with van der Waals surface area (Å²) in [6.45, 7) is 14.4. The molecule has 0 unspecified atom stereocenters. The quantitative estimate of drug-likeness (QED) is 0.608. The Morgan fingerprint density at radius 3 is 1.29 bits per heavy atom. The second kappa shape index (κ2) is 3.58. The Balaban J connectivity index is 2.80. The van der Waals surface area contributed by atoms with Crippen LogP contribution < -0.4 is 0 Å². The summed E-state index contributed by atoms with van der Waals surface area (Å²) in [7, 11) is 0. The summed E-state index contributed by atoms with van der Waals surface area (Å²) in [5.74, 6) is 0. The molecule has 0 amide bonds. The number of hydrogen-bond acceptors (Lipinski definition) is 1. The molecule has 0 bridgehead atoms. The van der Waals surface area contributed by atoms with Gasteiger partial charge in [-0.2, -0.15) is 0 Å². The van der Waals surface area contributed by atoms with Crippen LogP contribution in [-0.2, 0) is 11.2 Å². The fraction of sp³-hybridized carbons (Fsp3) is 1.00. The van der Waals surface area contributed by atoms with Crippen LogP contribution in [0.2, 0.25) is 0 Å². The molecule has 1 heterocycles. The van der Waals surface area contributed by atoms with Gasteiger partial charge in [0, 0.05) is 24.2 Å². The van der Waals surface area contributed by atoms with Crippen LogP contribution in [0.25, 0.3) is 0 Å². The highest BCUT2D eigenvalue weighted by molar-refractivity contribution is 7.80. The lowest BCUT2D eigenvalue weighted by molar-refractivity contribution is 0.271. The zero-order chi connectivity index (χ0) is 11.1. The molecule has 0 spiro atoms. The lowest BCUT2D eigenvalue weighted by atomic mass is 10.1. The molecular weight excluding hydrogens is 196 g/mol. The van der Waals surface area contributed by atoms with Crippen molar-refractivity contribution in [1.82, 2.24) is 8.61 Å². The molecule has 0 saturated carbocycles. The van der Waals surface area contributed by atoms with Gasteiger partial charge in [-0.25, -0.2) is 12.8 Å². The summed E-state index contributed by atoms with van der Waals surface area (Å²) in [5.41, 5.74) is -0.0181. The third-order valence-electron chi connectivity index (χ3n) is 2.38. The van der Waals surface area contributed by atoms with Gasteiger partial charge in [0.2, 0.25) is 0 Å². The van der Waals surface area contributed by atoms with Gasteiger partial charge < -0.3 is 0 Å². The molecule has 0 N–H and O–H groups in total. The van der Waals surface area contributed by atoms with Crippen LogP contribution in [0.3, 0.4) is 0 Å². The zero-order valence-electron chi connectivity index (χ0n) is 10.1. The molecule has 1 fully saturated rings. The van der Waals surface area contributed by atoms with Crippen LogP contribution >= 0.6 is 0 Å². The average Bonchev–Trinajstić information content (AvgIpc) is 2.26. The second-order valence-electron chi connectivity index (χ2n) is 5.78. The largest absolute Gasteiger partial charge is 0.225 e. The van der Waals surface area contributed by atoms with Crippen LogP contribution in [0.15, 0.2) is 0 Å². The van der Waals surface area contributed by atoms with Gasteiger partial charge in [-0.15, -0.1) is 0 Å². The number of rotatable bonds is 0. The lowest BCUT2D eigenvalue weighted by Crippen LogP contribution is -2.45. The van der Waals surface area contributed by atoms with Gasteiger partial charge in [0.1, 0.15) is 0 Å². The molecule has 0 aliphatic carbocycles. The Morgan fingerprint density at radius 1 is 0.857 bits per heavy atom. The van der Waals surface area contributed by atoms with Gasteiger partial charge >= 0.3 is 0 Å². The first kappa shape index (κ1) is 12.1. The Morgan fingerprint density at radius 2 is 1.14 bits per heavy atom. The number of nitrogens with zero attached hydrogens (tertiary/aromatic N) is 2. The van der Waals surface area contributed by atoms with Crippen molar-refractivity contribution in [3.63, 3.8) is 0 Å². The van der Waals surface area contributed by atoms with Gasteiger partial charge in [0.15, 0.2) is 11.2 Å². The van der Waals surface area contributed by atoms with E-state index in [1.54, 1.807) is 0 Å². The van der Waals surface area contributed by atoms with Crippen molar-refractivity contribution in [2.45, 2.75) is 52.6 Å². The van der Waals surface area contributed by atoms with E-state index in [-0.39, 0.29) is 11.1 Å². The molecule has 84 valence electrons. The maximum atomic E-state index is 12.2. The highest BCUT2D eigenvalue weighted by Gasteiger charge is 2.40. The van der Waals surface area contributed by atoms with Gasteiger partial charge in [-0.3, -0.25) is 0 Å². The second-order valence-corrected chi connectivity index (χ2v) is 7.12. The SMILES string of the molecule is CC(C)(C)N1CCN(C(C)(C)C)S1=O. The van der Waals surface area contributed by atoms with E-state index in [9.17, 15) is 4.21 Å². The van der Waals surface area contributed by atoms with Crippen LogP contribution in [-0.4, -0.2) is 37.0 Å². The number of hydrogen-bond donors (Lipinski definition) is 0. The molecule has 1 rings (SSSR count). The van der Waals surface area contributed by atoms with E-state index in [4.69, 9.17) is 0 Å². The molecule has 0 radical (unpaired) electrons. The van der Waals surface area contributed by atoms with Gasteiger partial charge in [0.05, 0.1) is 0 Å². The summed E-state index contributed by atoms with van der Waals surface area (Å²) in [6, 6.07) is 0. The minimum atomic E-state index is -0.971. The van der Waals surface area contributed by atoms with E-state index in [0.29, 0.717) is 0 Å². The van der Waals surface area contributed by atoms with E-state index < -0.39 is 11.2 Å². The Labute approximate surface area is 90.2 Å². The fourth-order valence-electron chi connectivity index (χ4n) is 1.60. The topological polar surface area (TPSA) is 23.6 Å². The van der Waals surface area contributed by atoms with Crippen LogP contribution in [0.5, 0.6) is 0 Å². The molecule has 1 aliphatic rings. The van der Waals surface area contributed by atoms with Crippen LogP contribution in [0, 0.1) is 0 Å². The lowest BCUT2D eigenvalue weighted by Gasteiger charge is -2.33. The van der Waals surface area contributed by atoms with E-state index in [1.165, 1.54) is 0 Å². The van der Waals surface area contributed by atoms with Crippen molar-refractivity contribution in [3.8, 4) is 0 Å². The maximum Gasteiger partial charge on any atom is 0.173 e. The van der Waals surface area contributed by atoms with Crippen molar-refractivity contribution in [1.29, 1.82) is 0 Å².